The average molecular weight is 186 g/mol. The van der Waals surface area contributed by atoms with Crippen LogP contribution in [0, 0.1) is 0 Å². The van der Waals surface area contributed by atoms with Gasteiger partial charge in [0.1, 0.15) is 0 Å². The first-order valence-corrected chi connectivity index (χ1v) is 4.19. The summed E-state index contributed by atoms with van der Waals surface area (Å²) in [7, 11) is 0. The molecule has 0 aliphatic carbocycles. The molecule has 1 rings (SSSR count). The maximum Gasteiger partial charge on any atom is 0.407 e. The van der Waals surface area contributed by atoms with Gasteiger partial charge in [-0.15, -0.1) is 0 Å². The fraction of sp³-hybridized carbons (Fsp3) is 0.714. The molecule has 0 spiro atoms. The van der Waals surface area contributed by atoms with Gasteiger partial charge in [-0.2, -0.15) is 0 Å². The number of hydrogen-bond donors (Lipinski definition) is 1. The lowest BCUT2D eigenvalue weighted by Crippen LogP contribution is -2.40. The molecule has 0 aromatic heterocycles. The van der Waals surface area contributed by atoms with Gasteiger partial charge < -0.3 is 10.0 Å². The summed E-state index contributed by atoms with van der Waals surface area (Å²) in [6.07, 6.45) is 0.893. The van der Waals surface area contributed by atoms with Crippen molar-refractivity contribution in [2.24, 2.45) is 4.99 Å². The van der Waals surface area contributed by atoms with E-state index in [9.17, 15) is 4.79 Å². The van der Waals surface area contributed by atoms with Crippen LogP contribution in [0.3, 0.4) is 0 Å². The Morgan fingerprint density at radius 2 is 2.50 bits per heavy atom. The Balaban J connectivity index is 2.51. The highest BCUT2D eigenvalue weighted by Gasteiger charge is 2.21. The summed E-state index contributed by atoms with van der Waals surface area (Å²) in [6, 6.07) is 0.0207. The topological polar surface area (TPSA) is 52.9 Å². The van der Waals surface area contributed by atoms with E-state index in [2.05, 4.69) is 22.4 Å². The van der Waals surface area contributed by atoms with Crippen LogP contribution in [0.5, 0.6) is 0 Å². The summed E-state index contributed by atoms with van der Waals surface area (Å²) >= 11 is 4.45. The van der Waals surface area contributed by atoms with Crippen molar-refractivity contribution in [3.05, 3.63) is 0 Å². The van der Waals surface area contributed by atoms with E-state index in [0.29, 0.717) is 13.1 Å². The number of carbonyl (C=O) groups is 1. The molecule has 66 valence electrons. The van der Waals surface area contributed by atoms with Crippen molar-refractivity contribution in [1.29, 1.82) is 0 Å². The number of amides is 1. The molecule has 0 saturated carbocycles. The van der Waals surface area contributed by atoms with Crippen molar-refractivity contribution < 1.29 is 9.90 Å². The van der Waals surface area contributed by atoms with Crippen molar-refractivity contribution in [1.82, 2.24) is 4.90 Å². The molecule has 1 aliphatic heterocycles. The molecule has 1 fully saturated rings. The van der Waals surface area contributed by atoms with Crippen molar-refractivity contribution in [2.75, 3.05) is 13.1 Å². The largest absolute Gasteiger partial charge is 0.465 e. The maximum absolute atomic E-state index is 10.5. The number of rotatable bonds is 1. The first kappa shape index (κ1) is 9.16. The van der Waals surface area contributed by atoms with Crippen molar-refractivity contribution in [3.8, 4) is 0 Å². The second kappa shape index (κ2) is 4.18. The molecule has 1 heterocycles. The van der Waals surface area contributed by atoms with Crippen molar-refractivity contribution in [2.45, 2.75) is 18.9 Å². The summed E-state index contributed by atoms with van der Waals surface area (Å²) in [5.74, 6) is 0. The lowest BCUT2D eigenvalue weighted by Gasteiger charge is -2.27. The predicted molar refractivity (Wildman–Crippen MR) is 47.6 cm³/mol. The summed E-state index contributed by atoms with van der Waals surface area (Å²) < 4.78 is 0. The van der Waals surface area contributed by atoms with Crippen LogP contribution < -0.4 is 0 Å². The number of hydrogen-bond acceptors (Lipinski definition) is 3. The number of likely N-dealkylation sites (tertiary alicyclic amines) is 1. The number of thiocarbonyl (C=S) groups is 1. The number of isothiocyanates is 1. The second-order valence-electron chi connectivity index (χ2n) is 2.75. The number of carboxylic acid groups (broad SMARTS) is 1. The molecule has 12 heavy (non-hydrogen) atoms. The Morgan fingerprint density at radius 3 is 3.08 bits per heavy atom. The van der Waals surface area contributed by atoms with Gasteiger partial charge in [-0.05, 0) is 25.1 Å². The Hall–Kier alpha value is -0.930. The molecule has 0 unspecified atom stereocenters. The van der Waals surface area contributed by atoms with Gasteiger partial charge in [0.05, 0.1) is 11.2 Å². The van der Waals surface area contributed by atoms with Gasteiger partial charge in [0.15, 0.2) is 0 Å². The molecule has 0 bridgehead atoms. The molecule has 1 N–H and O–H groups in total. The quantitative estimate of drug-likeness (QED) is 0.495. The molecule has 0 aromatic rings. The van der Waals surface area contributed by atoms with E-state index in [0.717, 1.165) is 12.8 Å². The number of nitrogens with zero attached hydrogens (tertiary/aromatic N) is 2. The van der Waals surface area contributed by atoms with Crippen molar-refractivity contribution >= 4 is 23.5 Å². The average Bonchev–Trinajstić information content (AvgIpc) is 2.05. The maximum atomic E-state index is 10.5. The lowest BCUT2D eigenvalue weighted by atomic mass is 10.1. The third-order valence-electron chi connectivity index (χ3n) is 1.90. The lowest BCUT2D eigenvalue weighted by molar-refractivity contribution is 0.131. The fourth-order valence-electron chi connectivity index (χ4n) is 1.31. The third kappa shape index (κ3) is 2.29. The highest BCUT2D eigenvalue weighted by atomic mass is 32.1. The van der Waals surface area contributed by atoms with Gasteiger partial charge in [0, 0.05) is 13.1 Å². The van der Waals surface area contributed by atoms with Crippen molar-refractivity contribution in [3.63, 3.8) is 0 Å². The molecule has 1 saturated heterocycles. The van der Waals surface area contributed by atoms with E-state index in [4.69, 9.17) is 5.11 Å². The van der Waals surface area contributed by atoms with Gasteiger partial charge in [0.2, 0.25) is 0 Å². The zero-order valence-corrected chi connectivity index (χ0v) is 7.38. The van der Waals surface area contributed by atoms with Gasteiger partial charge >= 0.3 is 6.09 Å². The number of piperidine rings is 1. The van der Waals surface area contributed by atoms with Gasteiger partial charge in [-0.25, -0.2) is 9.79 Å². The summed E-state index contributed by atoms with van der Waals surface area (Å²) in [4.78, 5) is 15.8. The zero-order chi connectivity index (χ0) is 8.97. The van der Waals surface area contributed by atoms with Crippen LogP contribution in [-0.2, 0) is 0 Å². The Labute approximate surface area is 75.9 Å². The predicted octanol–water partition coefficient (Wildman–Crippen LogP) is 1.23. The SMILES string of the molecule is O=C(O)N1CCC[C@@H](N=C=S)C1. The van der Waals surface area contributed by atoms with Gasteiger partial charge in [0.25, 0.3) is 0 Å². The molecule has 1 atom stereocenters. The van der Waals surface area contributed by atoms with Crippen LogP contribution in [0.15, 0.2) is 4.99 Å². The van der Waals surface area contributed by atoms with Crippen LogP contribution in [0.2, 0.25) is 0 Å². The molecular weight excluding hydrogens is 176 g/mol. The minimum absolute atomic E-state index is 0.0207. The van der Waals surface area contributed by atoms with E-state index in [1.807, 2.05) is 0 Å². The van der Waals surface area contributed by atoms with Crippen LogP contribution in [0.25, 0.3) is 0 Å². The molecule has 1 aliphatic rings. The third-order valence-corrected chi connectivity index (χ3v) is 2.01. The van der Waals surface area contributed by atoms with Crippen LogP contribution in [-0.4, -0.2) is 40.4 Å². The van der Waals surface area contributed by atoms with Gasteiger partial charge in [-0.3, -0.25) is 0 Å². The molecule has 4 nitrogen and oxygen atoms in total. The normalized spacial score (nSPS) is 23.0. The second-order valence-corrected chi connectivity index (χ2v) is 2.93. The number of aliphatic imine (C=N–C) groups is 1. The molecule has 0 radical (unpaired) electrons. The Bertz CT molecular complexity index is 217. The first-order valence-electron chi connectivity index (χ1n) is 3.79. The Kier molecular flexibility index (Phi) is 3.19. The molecule has 1 amide bonds. The molecule has 5 heteroatoms. The van der Waals surface area contributed by atoms with Crippen LogP contribution in [0.4, 0.5) is 4.79 Å². The zero-order valence-electron chi connectivity index (χ0n) is 6.56. The van der Waals surface area contributed by atoms with E-state index >= 15 is 0 Å². The van der Waals surface area contributed by atoms with E-state index in [1.165, 1.54) is 4.90 Å². The molecular formula is C7H10N2O2S. The standard InChI is InChI=1S/C7H10N2O2S/c10-7(11)9-3-1-2-6(4-9)8-5-12/h6H,1-4H2,(H,10,11)/t6-/m1/s1. The minimum atomic E-state index is -0.876. The van der Waals surface area contributed by atoms with Gasteiger partial charge in [-0.1, -0.05) is 0 Å². The highest BCUT2D eigenvalue weighted by Crippen LogP contribution is 2.12. The first-order chi connectivity index (χ1) is 5.74. The summed E-state index contributed by atoms with van der Waals surface area (Å²) in [5, 5.41) is 10.9. The highest BCUT2D eigenvalue weighted by molar-refractivity contribution is 7.78. The summed E-state index contributed by atoms with van der Waals surface area (Å²) in [5.41, 5.74) is 0. The van der Waals surface area contributed by atoms with Crippen LogP contribution in [0.1, 0.15) is 12.8 Å². The summed E-state index contributed by atoms with van der Waals surface area (Å²) in [6.45, 7) is 1.07. The van der Waals surface area contributed by atoms with E-state index in [-0.39, 0.29) is 6.04 Å². The smallest absolute Gasteiger partial charge is 0.407 e. The minimum Gasteiger partial charge on any atom is -0.465 e. The fourth-order valence-corrected chi connectivity index (χ4v) is 1.46. The molecule has 0 aromatic carbocycles. The van der Waals surface area contributed by atoms with E-state index in [1.54, 1.807) is 0 Å². The monoisotopic (exact) mass is 186 g/mol. The Morgan fingerprint density at radius 1 is 1.75 bits per heavy atom. The van der Waals surface area contributed by atoms with E-state index < -0.39 is 6.09 Å². The van der Waals surface area contributed by atoms with Crippen LogP contribution >= 0.6 is 12.2 Å².